The normalized spacial score (nSPS) is 21.3. The van der Waals surface area contributed by atoms with Crippen LogP contribution in [0.4, 0.5) is 20.2 Å². The molecule has 0 spiro atoms. The molecule has 0 aliphatic carbocycles. The topological polar surface area (TPSA) is 168 Å². The first-order chi connectivity index (χ1) is 32.3. The number of amides is 3. The number of likely N-dealkylation sites (tertiary alicyclic amines) is 1. The first-order valence-corrected chi connectivity index (χ1v) is 24.9. The number of anilines is 2. The summed E-state index contributed by atoms with van der Waals surface area (Å²) in [6.45, 7) is 6.92. The molecule has 1 unspecified atom stereocenters. The second-order valence-electron chi connectivity index (χ2n) is 18.7. The van der Waals surface area contributed by atoms with Gasteiger partial charge in [0.05, 0.1) is 11.3 Å². The van der Waals surface area contributed by atoms with Crippen molar-refractivity contribution in [3.8, 4) is 11.1 Å². The summed E-state index contributed by atoms with van der Waals surface area (Å²) in [4.78, 5) is 65.8. The number of H-pyrrole nitrogens is 1. The second-order valence-corrected chi connectivity index (χ2v) is 20.4. The Bertz CT molecular complexity index is 2870. The molecule has 3 N–H and O–H groups in total. The third kappa shape index (κ3) is 8.84. The van der Waals surface area contributed by atoms with Gasteiger partial charge in [0.15, 0.2) is 11.6 Å². The number of carbonyl (C=O) groups excluding carboxylic acids is 4. The minimum Gasteiger partial charge on any atom is -0.372 e. The Labute approximate surface area is 388 Å². The summed E-state index contributed by atoms with van der Waals surface area (Å²) in [5.74, 6) is -1.37. The first kappa shape index (κ1) is 44.8. The third-order valence-electron chi connectivity index (χ3n) is 14.6. The van der Waals surface area contributed by atoms with Crippen molar-refractivity contribution in [2.75, 3.05) is 55.4 Å². The summed E-state index contributed by atoms with van der Waals surface area (Å²) >= 11 is 0. The predicted octanol–water partition coefficient (Wildman–Crippen LogP) is 6.72. The molecule has 2 atom stereocenters. The molecule has 2 aromatic heterocycles. The number of rotatable bonds is 12. The van der Waals surface area contributed by atoms with Gasteiger partial charge < -0.3 is 19.7 Å². The predicted molar refractivity (Wildman–Crippen MR) is 250 cm³/mol. The molecule has 350 valence electrons. The fraction of sp³-hybridized carbons (Fsp3) is 0.420. The second kappa shape index (κ2) is 18.2. The summed E-state index contributed by atoms with van der Waals surface area (Å²) in [7, 11) is -4.24. The highest BCUT2D eigenvalue weighted by molar-refractivity contribution is 7.90. The number of halogens is 2. The molecule has 14 nitrogen and oxygen atoms in total. The molecule has 4 fully saturated rings. The van der Waals surface area contributed by atoms with Gasteiger partial charge in [-0.2, -0.15) is 12.7 Å². The van der Waals surface area contributed by atoms with Crippen LogP contribution in [0.5, 0.6) is 0 Å². The molecule has 3 aromatic carbocycles. The van der Waals surface area contributed by atoms with Crippen LogP contribution in [0.2, 0.25) is 0 Å². The molecule has 17 heteroatoms. The third-order valence-corrected chi connectivity index (χ3v) is 16.1. The minimum absolute atomic E-state index is 0.0175. The number of fused-ring (bicyclic) bond motifs is 2. The number of aromatic amines is 1. The molecular formula is C50H54F2N8O6S. The van der Waals surface area contributed by atoms with Crippen LogP contribution in [0.1, 0.15) is 101 Å². The first-order valence-electron chi connectivity index (χ1n) is 23.4. The van der Waals surface area contributed by atoms with E-state index < -0.39 is 34.0 Å². The largest absolute Gasteiger partial charge is 0.372 e. The quantitative estimate of drug-likeness (QED) is 0.0909. The molecule has 4 saturated heterocycles. The van der Waals surface area contributed by atoms with Crippen LogP contribution >= 0.6 is 0 Å². The van der Waals surface area contributed by atoms with Crippen LogP contribution in [-0.2, 0) is 32.8 Å². The SMILES string of the molecule is CCc1ccc(NS(=O)(=O)N2CC[C@@H](F)C2)c(F)c1C(=O)c1c[nH]c2ncc(-c3ccc(N4CCC(CN5CCC(c6ccc7c(c6)CN(C6CCC(=O)NC6=O)C7=O)CC5)CC4)cc3)cc12. The van der Waals surface area contributed by atoms with Crippen molar-refractivity contribution in [1.29, 1.82) is 0 Å². The molecule has 5 aliphatic heterocycles. The van der Waals surface area contributed by atoms with E-state index in [0.29, 0.717) is 53.4 Å². The fourth-order valence-corrected chi connectivity index (χ4v) is 12.0. The lowest BCUT2D eigenvalue weighted by Crippen LogP contribution is -2.52. The molecular weight excluding hydrogens is 879 g/mol. The van der Waals surface area contributed by atoms with Crippen molar-refractivity contribution in [1.82, 2.24) is 29.4 Å². The lowest BCUT2D eigenvalue weighted by molar-refractivity contribution is -0.136. The van der Waals surface area contributed by atoms with Gasteiger partial charge in [-0.05, 0) is 122 Å². The maximum atomic E-state index is 16.2. The maximum absolute atomic E-state index is 16.2. The summed E-state index contributed by atoms with van der Waals surface area (Å²) < 4.78 is 59.1. The van der Waals surface area contributed by atoms with Crippen LogP contribution in [0.15, 0.2) is 73.1 Å². The standard InChI is InChI=1S/C50H54F2N8O6S/c1-2-31-6-10-42(56-67(65,66)59-22-17-37(51)29-59)46(52)45(31)47(62)41-26-54-48-40(41)24-35(25-53-48)32-3-7-38(8-4-32)58-20-13-30(14-21-58)27-57-18-15-33(16-19-57)34-5-9-39-36(23-34)28-60(50(39)64)43-11-12-44(61)55-49(43)63/h3-10,23-26,30,33,37,43,56H,2,11-22,27-29H2,1H3,(H,53,54)(H,55,61,63)/t37-,43?/m1/s1. The number of piperidine rings is 3. The van der Waals surface area contributed by atoms with Gasteiger partial charge in [-0.3, -0.25) is 29.2 Å². The fourth-order valence-electron chi connectivity index (χ4n) is 10.7. The number of carbonyl (C=O) groups is 4. The van der Waals surface area contributed by atoms with Crippen LogP contribution in [0.3, 0.4) is 0 Å². The van der Waals surface area contributed by atoms with Crippen LogP contribution in [-0.4, -0.2) is 114 Å². The minimum atomic E-state index is -4.24. The van der Waals surface area contributed by atoms with Crippen LogP contribution in [0.25, 0.3) is 22.2 Å². The number of aryl methyl sites for hydroxylation is 1. The molecule has 0 bridgehead atoms. The van der Waals surface area contributed by atoms with E-state index in [1.165, 1.54) is 23.9 Å². The van der Waals surface area contributed by atoms with E-state index in [1.54, 1.807) is 18.0 Å². The highest BCUT2D eigenvalue weighted by Gasteiger charge is 2.40. The average molecular weight is 933 g/mol. The van der Waals surface area contributed by atoms with Gasteiger partial charge >= 0.3 is 10.2 Å². The molecule has 3 amide bonds. The molecule has 5 aliphatic rings. The highest BCUT2D eigenvalue weighted by atomic mass is 32.2. The van der Waals surface area contributed by atoms with Crippen LogP contribution in [0, 0.1) is 11.7 Å². The van der Waals surface area contributed by atoms with Crippen molar-refractivity contribution in [2.45, 2.75) is 83.0 Å². The Morgan fingerprint density at radius 2 is 1.67 bits per heavy atom. The smallest absolute Gasteiger partial charge is 0.301 e. The molecule has 5 aromatic rings. The van der Waals surface area contributed by atoms with E-state index in [-0.39, 0.29) is 60.5 Å². The number of hydrogen-bond donors (Lipinski definition) is 3. The number of nitrogens with one attached hydrogen (secondary N) is 3. The van der Waals surface area contributed by atoms with E-state index in [1.807, 2.05) is 24.3 Å². The average Bonchev–Trinajstić information content (AvgIpc) is 4.06. The number of aromatic nitrogens is 2. The number of ketones is 1. The van der Waals surface area contributed by atoms with E-state index in [9.17, 15) is 32.0 Å². The Morgan fingerprint density at radius 1 is 0.896 bits per heavy atom. The number of imide groups is 1. The van der Waals surface area contributed by atoms with Crippen molar-refractivity contribution in [3.63, 3.8) is 0 Å². The van der Waals surface area contributed by atoms with Crippen molar-refractivity contribution in [2.24, 2.45) is 5.92 Å². The number of nitrogens with zero attached hydrogens (tertiary/aromatic N) is 5. The summed E-state index contributed by atoms with van der Waals surface area (Å²) in [5.41, 5.74) is 6.18. The zero-order chi connectivity index (χ0) is 46.6. The monoisotopic (exact) mass is 932 g/mol. The van der Waals surface area contributed by atoms with Crippen molar-refractivity contribution < 1.29 is 36.4 Å². The number of hydrogen-bond acceptors (Lipinski definition) is 9. The van der Waals surface area contributed by atoms with E-state index in [0.717, 1.165) is 85.1 Å². The van der Waals surface area contributed by atoms with Gasteiger partial charge in [0.25, 0.3) is 5.91 Å². The molecule has 67 heavy (non-hydrogen) atoms. The van der Waals surface area contributed by atoms with Gasteiger partial charge in [0, 0.05) is 85.8 Å². The van der Waals surface area contributed by atoms with Crippen molar-refractivity contribution >= 4 is 56.1 Å². The van der Waals surface area contributed by atoms with E-state index in [2.05, 4.69) is 54.1 Å². The van der Waals surface area contributed by atoms with Gasteiger partial charge in [-0.25, -0.2) is 13.8 Å². The molecule has 0 radical (unpaired) electrons. The summed E-state index contributed by atoms with van der Waals surface area (Å²) in [6, 6.07) is 18.6. The lowest BCUT2D eigenvalue weighted by atomic mass is 9.87. The lowest BCUT2D eigenvalue weighted by Gasteiger charge is -2.38. The number of pyridine rings is 1. The summed E-state index contributed by atoms with van der Waals surface area (Å²) in [6.07, 6.45) is 7.25. The summed E-state index contributed by atoms with van der Waals surface area (Å²) in [5, 5.41) is 2.89. The Hall–Kier alpha value is -6.04. The number of benzene rings is 3. The van der Waals surface area contributed by atoms with Crippen molar-refractivity contribution in [3.05, 3.63) is 112 Å². The molecule has 0 saturated carbocycles. The Kier molecular flexibility index (Phi) is 12.2. The Balaban J connectivity index is 0.736. The highest BCUT2D eigenvalue weighted by Crippen LogP contribution is 2.36. The zero-order valence-corrected chi connectivity index (χ0v) is 38.2. The number of alkyl halides is 1. The molecule has 7 heterocycles. The molecule has 10 rings (SSSR count). The van der Waals surface area contributed by atoms with Gasteiger partial charge in [0.2, 0.25) is 11.8 Å². The van der Waals surface area contributed by atoms with E-state index in [4.69, 9.17) is 0 Å². The Morgan fingerprint density at radius 3 is 2.39 bits per heavy atom. The maximum Gasteiger partial charge on any atom is 0.301 e. The van der Waals surface area contributed by atoms with Gasteiger partial charge in [0.1, 0.15) is 17.9 Å². The van der Waals surface area contributed by atoms with Gasteiger partial charge in [-0.15, -0.1) is 0 Å². The van der Waals surface area contributed by atoms with E-state index >= 15 is 4.39 Å². The van der Waals surface area contributed by atoms with Gasteiger partial charge in [-0.1, -0.05) is 37.3 Å². The zero-order valence-electron chi connectivity index (χ0n) is 37.4. The van der Waals surface area contributed by atoms with Crippen LogP contribution < -0.4 is 14.9 Å².